The van der Waals surface area contributed by atoms with E-state index in [0.29, 0.717) is 18.5 Å². The maximum atomic E-state index is 11.8. The maximum Gasteiger partial charge on any atom is 0.252 e. The normalized spacial score (nSPS) is 10.2. The van der Waals surface area contributed by atoms with Crippen molar-refractivity contribution in [3.63, 3.8) is 0 Å². The van der Waals surface area contributed by atoms with Crippen LogP contribution >= 0.6 is 15.9 Å². The number of carbonyl (C=O) groups excluding carboxylic acids is 1. The number of carbonyl (C=O) groups is 1. The molecule has 0 atom stereocenters. The number of hydrogen-bond acceptors (Lipinski definition) is 2. The van der Waals surface area contributed by atoms with Gasteiger partial charge in [0.15, 0.2) is 0 Å². The van der Waals surface area contributed by atoms with Crippen LogP contribution in [0.15, 0.2) is 41.1 Å². The van der Waals surface area contributed by atoms with Crippen LogP contribution in [0.25, 0.3) is 0 Å². The number of nitrogens with one attached hydrogen (secondary N) is 2. The zero-order chi connectivity index (χ0) is 12.1. The number of halogens is 1. The first kappa shape index (κ1) is 11.9. The Labute approximate surface area is 108 Å². The molecule has 2 rings (SSSR count). The van der Waals surface area contributed by atoms with Gasteiger partial charge in [0.25, 0.3) is 5.91 Å². The van der Waals surface area contributed by atoms with Gasteiger partial charge < -0.3 is 10.3 Å². The van der Waals surface area contributed by atoms with E-state index < -0.39 is 0 Å². The highest BCUT2D eigenvalue weighted by molar-refractivity contribution is 9.10. The molecule has 1 heterocycles. The van der Waals surface area contributed by atoms with E-state index in [2.05, 4.69) is 31.2 Å². The third-order valence-corrected chi connectivity index (χ3v) is 3.01. The lowest BCUT2D eigenvalue weighted by Crippen LogP contribution is -2.26. The fourth-order valence-electron chi connectivity index (χ4n) is 1.47. The molecule has 0 aliphatic carbocycles. The first-order chi connectivity index (χ1) is 8.27. The lowest BCUT2D eigenvalue weighted by molar-refractivity contribution is 0.0953. The Balaban J connectivity index is 1.88. The minimum absolute atomic E-state index is 0.0796. The van der Waals surface area contributed by atoms with Gasteiger partial charge in [-0.25, -0.2) is 4.98 Å². The van der Waals surface area contributed by atoms with Crippen LogP contribution in [0.4, 0.5) is 0 Å². The Bertz CT molecular complexity index is 496. The first-order valence-corrected chi connectivity index (χ1v) is 6.07. The second-order valence-corrected chi connectivity index (χ2v) is 4.38. The predicted molar refractivity (Wildman–Crippen MR) is 68.8 cm³/mol. The molecule has 1 aromatic heterocycles. The number of hydrogen-bond donors (Lipinski definition) is 2. The fourth-order valence-corrected chi connectivity index (χ4v) is 1.93. The number of aromatic amines is 1. The average Bonchev–Trinajstić information content (AvgIpc) is 2.82. The molecule has 2 N–H and O–H groups in total. The van der Waals surface area contributed by atoms with E-state index in [1.54, 1.807) is 18.5 Å². The molecule has 5 heteroatoms. The summed E-state index contributed by atoms with van der Waals surface area (Å²) in [6.07, 6.45) is 4.17. The Kier molecular flexibility index (Phi) is 3.93. The van der Waals surface area contributed by atoms with Gasteiger partial charge in [0.05, 0.1) is 5.56 Å². The van der Waals surface area contributed by atoms with Gasteiger partial charge in [0.2, 0.25) is 0 Å². The zero-order valence-corrected chi connectivity index (χ0v) is 10.7. The van der Waals surface area contributed by atoms with Crippen molar-refractivity contribution in [3.8, 4) is 0 Å². The molecule has 0 bridgehead atoms. The van der Waals surface area contributed by atoms with E-state index in [4.69, 9.17) is 0 Å². The van der Waals surface area contributed by atoms with E-state index in [0.717, 1.165) is 10.3 Å². The van der Waals surface area contributed by atoms with Crippen LogP contribution in [-0.4, -0.2) is 22.4 Å². The van der Waals surface area contributed by atoms with Crippen molar-refractivity contribution in [3.05, 3.63) is 52.5 Å². The molecule has 0 aliphatic rings. The molecular formula is C12H12BrN3O. The summed E-state index contributed by atoms with van der Waals surface area (Å²) in [6.45, 7) is 0.563. The topological polar surface area (TPSA) is 57.8 Å². The van der Waals surface area contributed by atoms with Gasteiger partial charge in [-0.05, 0) is 28.1 Å². The van der Waals surface area contributed by atoms with E-state index in [9.17, 15) is 4.79 Å². The maximum absolute atomic E-state index is 11.8. The summed E-state index contributed by atoms with van der Waals surface area (Å²) in [5, 5.41) is 2.85. The number of imidazole rings is 1. The Hall–Kier alpha value is -1.62. The molecule has 0 saturated heterocycles. The van der Waals surface area contributed by atoms with Crippen molar-refractivity contribution in [2.24, 2.45) is 0 Å². The minimum Gasteiger partial charge on any atom is -0.352 e. The third kappa shape index (κ3) is 3.17. The van der Waals surface area contributed by atoms with E-state index >= 15 is 0 Å². The quantitative estimate of drug-likeness (QED) is 0.907. The summed E-state index contributed by atoms with van der Waals surface area (Å²) in [7, 11) is 0. The van der Waals surface area contributed by atoms with Crippen molar-refractivity contribution in [1.82, 2.24) is 15.3 Å². The van der Waals surface area contributed by atoms with Crippen molar-refractivity contribution in [2.45, 2.75) is 6.42 Å². The molecule has 4 nitrogen and oxygen atoms in total. The zero-order valence-electron chi connectivity index (χ0n) is 9.11. The van der Waals surface area contributed by atoms with E-state index in [-0.39, 0.29) is 5.91 Å². The van der Waals surface area contributed by atoms with E-state index in [1.807, 2.05) is 18.2 Å². The molecular weight excluding hydrogens is 282 g/mol. The summed E-state index contributed by atoms with van der Waals surface area (Å²) in [5.41, 5.74) is 0.645. The monoisotopic (exact) mass is 293 g/mol. The van der Waals surface area contributed by atoms with Crippen molar-refractivity contribution >= 4 is 21.8 Å². The van der Waals surface area contributed by atoms with Crippen LogP contribution in [0.5, 0.6) is 0 Å². The van der Waals surface area contributed by atoms with Crippen LogP contribution in [0.3, 0.4) is 0 Å². The number of aromatic nitrogens is 2. The summed E-state index contributed by atoms with van der Waals surface area (Å²) in [4.78, 5) is 18.9. The number of H-pyrrole nitrogens is 1. The lowest BCUT2D eigenvalue weighted by Gasteiger charge is -2.05. The summed E-state index contributed by atoms with van der Waals surface area (Å²) < 4.78 is 0.801. The number of amides is 1. The van der Waals surface area contributed by atoms with Crippen molar-refractivity contribution in [2.75, 3.05) is 6.54 Å². The highest BCUT2D eigenvalue weighted by atomic mass is 79.9. The standard InChI is InChI=1S/C12H12BrN3O/c13-10-4-2-1-3-9(10)12(17)16-6-5-11-14-7-8-15-11/h1-4,7-8H,5-6H2,(H,14,15)(H,16,17). The minimum atomic E-state index is -0.0796. The van der Waals surface area contributed by atoms with E-state index in [1.165, 1.54) is 0 Å². The van der Waals surface area contributed by atoms with Gasteiger partial charge in [-0.2, -0.15) is 0 Å². The second kappa shape index (κ2) is 5.63. The highest BCUT2D eigenvalue weighted by Gasteiger charge is 2.08. The van der Waals surface area contributed by atoms with Crippen LogP contribution in [-0.2, 0) is 6.42 Å². The molecule has 0 aliphatic heterocycles. The highest BCUT2D eigenvalue weighted by Crippen LogP contribution is 2.15. The third-order valence-electron chi connectivity index (χ3n) is 2.32. The first-order valence-electron chi connectivity index (χ1n) is 5.28. The Morgan fingerprint density at radius 3 is 2.94 bits per heavy atom. The largest absolute Gasteiger partial charge is 0.352 e. The van der Waals surface area contributed by atoms with Crippen LogP contribution < -0.4 is 5.32 Å². The number of rotatable bonds is 4. The second-order valence-electron chi connectivity index (χ2n) is 3.52. The molecule has 2 aromatic rings. The molecule has 0 fully saturated rings. The fraction of sp³-hybridized carbons (Fsp3) is 0.167. The van der Waals surface area contributed by atoms with Crippen molar-refractivity contribution in [1.29, 1.82) is 0 Å². The van der Waals surface area contributed by atoms with Crippen LogP contribution in [0.1, 0.15) is 16.2 Å². The summed E-state index contributed by atoms with van der Waals surface area (Å²) >= 11 is 3.35. The van der Waals surface area contributed by atoms with Gasteiger partial charge in [-0.15, -0.1) is 0 Å². The van der Waals surface area contributed by atoms with Crippen LogP contribution in [0, 0.1) is 0 Å². The van der Waals surface area contributed by atoms with Crippen molar-refractivity contribution < 1.29 is 4.79 Å². The smallest absolute Gasteiger partial charge is 0.252 e. The van der Waals surface area contributed by atoms with Gasteiger partial charge in [0.1, 0.15) is 5.82 Å². The molecule has 0 unspecified atom stereocenters. The van der Waals surface area contributed by atoms with Gasteiger partial charge in [0, 0.05) is 29.8 Å². The number of benzene rings is 1. The molecule has 17 heavy (non-hydrogen) atoms. The number of nitrogens with zero attached hydrogens (tertiary/aromatic N) is 1. The summed E-state index contributed by atoms with van der Waals surface area (Å²) in [5.74, 6) is 0.793. The molecule has 0 spiro atoms. The Morgan fingerprint density at radius 2 is 2.24 bits per heavy atom. The molecule has 1 aromatic carbocycles. The average molecular weight is 294 g/mol. The van der Waals surface area contributed by atoms with Gasteiger partial charge in [-0.1, -0.05) is 12.1 Å². The van der Waals surface area contributed by atoms with Gasteiger partial charge >= 0.3 is 0 Å². The Morgan fingerprint density at radius 1 is 1.41 bits per heavy atom. The SMILES string of the molecule is O=C(NCCc1ncc[nH]1)c1ccccc1Br. The molecule has 0 radical (unpaired) electrons. The molecule has 1 amide bonds. The molecule has 0 saturated carbocycles. The van der Waals surface area contributed by atoms with Crippen LogP contribution in [0.2, 0.25) is 0 Å². The lowest BCUT2D eigenvalue weighted by atomic mass is 10.2. The summed E-state index contributed by atoms with van der Waals surface area (Å²) in [6, 6.07) is 7.35. The molecule has 88 valence electrons. The van der Waals surface area contributed by atoms with Gasteiger partial charge in [-0.3, -0.25) is 4.79 Å². The predicted octanol–water partition coefficient (Wildman–Crippen LogP) is 2.14.